The van der Waals surface area contributed by atoms with Crippen molar-refractivity contribution in [2.45, 2.75) is 25.3 Å². The third kappa shape index (κ3) is 4.21. The SMILES string of the molecule is COC(=O)C1CCCN1CCCOc1ccc(Br)cc1. The summed E-state index contributed by atoms with van der Waals surface area (Å²) in [5.74, 6) is 0.760. The van der Waals surface area contributed by atoms with Crippen molar-refractivity contribution in [3.8, 4) is 5.75 Å². The normalized spacial score (nSPS) is 19.0. The summed E-state index contributed by atoms with van der Waals surface area (Å²) in [6, 6.07) is 7.74. The van der Waals surface area contributed by atoms with Gasteiger partial charge in [-0.25, -0.2) is 0 Å². The molecule has 0 aliphatic carbocycles. The minimum Gasteiger partial charge on any atom is -0.494 e. The molecule has 1 heterocycles. The molecule has 4 nitrogen and oxygen atoms in total. The Hall–Kier alpha value is -1.07. The van der Waals surface area contributed by atoms with Crippen molar-refractivity contribution in [3.05, 3.63) is 28.7 Å². The maximum Gasteiger partial charge on any atom is 0.323 e. The van der Waals surface area contributed by atoms with Crippen LogP contribution in [0.4, 0.5) is 0 Å². The highest BCUT2D eigenvalue weighted by molar-refractivity contribution is 9.10. The number of likely N-dealkylation sites (tertiary alicyclic amines) is 1. The molecule has 1 aromatic carbocycles. The van der Waals surface area contributed by atoms with Crippen molar-refractivity contribution < 1.29 is 14.3 Å². The number of halogens is 1. The molecule has 0 radical (unpaired) electrons. The molecule has 1 aromatic rings. The third-order valence-corrected chi connectivity index (χ3v) is 4.04. The monoisotopic (exact) mass is 341 g/mol. The largest absolute Gasteiger partial charge is 0.494 e. The number of carbonyl (C=O) groups is 1. The fraction of sp³-hybridized carbons (Fsp3) is 0.533. The first kappa shape index (κ1) is 15.3. The van der Waals surface area contributed by atoms with Crippen molar-refractivity contribution >= 4 is 21.9 Å². The molecule has 0 aromatic heterocycles. The lowest BCUT2D eigenvalue weighted by Crippen LogP contribution is -2.37. The molecule has 2 rings (SSSR count). The van der Waals surface area contributed by atoms with Gasteiger partial charge in [-0.1, -0.05) is 15.9 Å². The predicted molar refractivity (Wildman–Crippen MR) is 80.9 cm³/mol. The molecule has 0 amide bonds. The second-order valence-corrected chi connectivity index (χ2v) is 5.79. The van der Waals surface area contributed by atoms with Crippen LogP contribution in [0.5, 0.6) is 5.75 Å². The quantitative estimate of drug-likeness (QED) is 0.589. The standard InChI is InChI=1S/C15H20BrNO3/c1-19-15(18)14-4-2-9-17(14)10-3-11-20-13-7-5-12(16)6-8-13/h5-8,14H,2-4,9-11H2,1H3. The first-order valence-corrected chi connectivity index (χ1v) is 7.70. The number of esters is 1. The van der Waals surface area contributed by atoms with Gasteiger partial charge in [-0.2, -0.15) is 0 Å². The van der Waals surface area contributed by atoms with E-state index in [0.717, 1.165) is 42.6 Å². The summed E-state index contributed by atoms with van der Waals surface area (Å²) in [5, 5.41) is 0. The summed E-state index contributed by atoms with van der Waals surface area (Å²) in [5.41, 5.74) is 0. The van der Waals surface area contributed by atoms with E-state index in [1.54, 1.807) is 0 Å². The summed E-state index contributed by atoms with van der Waals surface area (Å²) in [4.78, 5) is 13.8. The van der Waals surface area contributed by atoms with Crippen LogP contribution in [0.3, 0.4) is 0 Å². The van der Waals surface area contributed by atoms with Crippen LogP contribution in [0.25, 0.3) is 0 Å². The summed E-state index contributed by atoms with van der Waals surface area (Å²) >= 11 is 3.39. The van der Waals surface area contributed by atoms with Gasteiger partial charge >= 0.3 is 5.97 Å². The summed E-state index contributed by atoms with van der Waals surface area (Å²) in [7, 11) is 1.45. The van der Waals surface area contributed by atoms with E-state index in [1.165, 1.54) is 7.11 Å². The van der Waals surface area contributed by atoms with E-state index in [-0.39, 0.29) is 12.0 Å². The number of methoxy groups -OCH3 is 1. The van der Waals surface area contributed by atoms with Gasteiger partial charge in [0.15, 0.2) is 0 Å². The van der Waals surface area contributed by atoms with Crippen molar-refractivity contribution in [1.29, 1.82) is 0 Å². The average Bonchev–Trinajstić information content (AvgIpc) is 2.93. The van der Waals surface area contributed by atoms with Gasteiger partial charge in [-0.05, 0) is 50.1 Å². The molecule has 1 atom stereocenters. The van der Waals surface area contributed by atoms with Crippen LogP contribution in [-0.2, 0) is 9.53 Å². The maximum atomic E-state index is 11.6. The highest BCUT2D eigenvalue weighted by Gasteiger charge is 2.30. The van der Waals surface area contributed by atoms with Crippen LogP contribution in [0, 0.1) is 0 Å². The van der Waals surface area contributed by atoms with E-state index in [1.807, 2.05) is 24.3 Å². The number of hydrogen-bond acceptors (Lipinski definition) is 4. The average molecular weight is 342 g/mol. The van der Waals surface area contributed by atoms with Gasteiger partial charge in [0.05, 0.1) is 13.7 Å². The molecule has 0 bridgehead atoms. The lowest BCUT2D eigenvalue weighted by molar-refractivity contribution is -0.145. The highest BCUT2D eigenvalue weighted by Crippen LogP contribution is 2.19. The Morgan fingerprint density at radius 2 is 2.15 bits per heavy atom. The van der Waals surface area contributed by atoms with Crippen LogP contribution in [-0.4, -0.2) is 43.7 Å². The maximum absolute atomic E-state index is 11.6. The van der Waals surface area contributed by atoms with Gasteiger partial charge < -0.3 is 9.47 Å². The zero-order chi connectivity index (χ0) is 14.4. The number of benzene rings is 1. The van der Waals surface area contributed by atoms with E-state index in [0.29, 0.717) is 6.61 Å². The lowest BCUT2D eigenvalue weighted by Gasteiger charge is -2.22. The van der Waals surface area contributed by atoms with Crippen molar-refractivity contribution in [1.82, 2.24) is 4.90 Å². The van der Waals surface area contributed by atoms with E-state index in [9.17, 15) is 4.79 Å². The zero-order valence-corrected chi connectivity index (χ0v) is 13.3. The number of nitrogens with zero attached hydrogens (tertiary/aromatic N) is 1. The van der Waals surface area contributed by atoms with E-state index in [2.05, 4.69) is 20.8 Å². The lowest BCUT2D eigenvalue weighted by atomic mass is 10.2. The first-order valence-electron chi connectivity index (χ1n) is 6.91. The van der Waals surface area contributed by atoms with Gasteiger partial charge in [0.1, 0.15) is 11.8 Å². The number of carbonyl (C=O) groups excluding carboxylic acids is 1. The Balaban J connectivity index is 1.70. The molecule has 20 heavy (non-hydrogen) atoms. The van der Waals surface area contributed by atoms with Crippen molar-refractivity contribution in [3.63, 3.8) is 0 Å². The highest BCUT2D eigenvalue weighted by atomic mass is 79.9. The van der Waals surface area contributed by atoms with Crippen LogP contribution in [0.1, 0.15) is 19.3 Å². The van der Waals surface area contributed by atoms with Crippen molar-refractivity contribution in [2.24, 2.45) is 0 Å². The topological polar surface area (TPSA) is 38.8 Å². The third-order valence-electron chi connectivity index (χ3n) is 3.51. The Labute approximate surface area is 128 Å². The van der Waals surface area contributed by atoms with E-state index < -0.39 is 0 Å². The van der Waals surface area contributed by atoms with Gasteiger partial charge in [0.2, 0.25) is 0 Å². The molecule has 1 aliphatic heterocycles. The molecule has 1 fully saturated rings. The molecule has 1 saturated heterocycles. The van der Waals surface area contributed by atoms with Crippen LogP contribution in [0.2, 0.25) is 0 Å². The molecule has 0 spiro atoms. The fourth-order valence-corrected chi connectivity index (χ4v) is 2.75. The zero-order valence-electron chi connectivity index (χ0n) is 11.7. The van der Waals surface area contributed by atoms with E-state index in [4.69, 9.17) is 9.47 Å². The molecule has 110 valence electrons. The minimum atomic E-state index is -0.115. The Morgan fingerprint density at radius 3 is 2.85 bits per heavy atom. The molecular weight excluding hydrogens is 322 g/mol. The summed E-state index contributed by atoms with van der Waals surface area (Å²) in [6.45, 7) is 2.50. The molecule has 1 aliphatic rings. The van der Waals surface area contributed by atoms with Crippen LogP contribution < -0.4 is 4.74 Å². The van der Waals surface area contributed by atoms with Crippen LogP contribution in [0.15, 0.2) is 28.7 Å². The Kier molecular flexibility index (Phi) is 5.86. The second kappa shape index (κ2) is 7.64. The van der Waals surface area contributed by atoms with E-state index >= 15 is 0 Å². The molecule has 1 unspecified atom stereocenters. The first-order chi connectivity index (χ1) is 9.70. The van der Waals surface area contributed by atoms with Gasteiger partial charge in [-0.3, -0.25) is 9.69 Å². The number of ether oxygens (including phenoxy) is 2. The Bertz CT molecular complexity index is 435. The van der Waals surface area contributed by atoms with Gasteiger partial charge in [0, 0.05) is 11.0 Å². The van der Waals surface area contributed by atoms with Gasteiger partial charge in [-0.15, -0.1) is 0 Å². The molecule has 5 heteroatoms. The summed E-state index contributed by atoms with van der Waals surface area (Å²) in [6.07, 6.45) is 2.87. The van der Waals surface area contributed by atoms with Crippen LogP contribution >= 0.6 is 15.9 Å². The predicted octanol–water partition coefficient (Wildman–Crippen LogP) is 2.86. The van der Waals surface area contributed by atoms with Crippen molar-refractivity contribution in [2.75, 3.05) is 26.8 Å². The Morgan fingerprint density at radius 1 is 1.40 bits per heavy atom. The molecular formula is C15H20BrNO3. The second-order valence-electron chi connectivity index (χ2n) is 4.87. The number of rotatable bonds is 6. The fourth-order valence-electron chi connectivity index (χ4n) is 2.49. The molecule has 0 saturated carbocycles. The summed E-state index contributed by atoms with van der Waals surface area (Å²) < 4.78 is 11.6. The minimum absolute atomic E-state index is 0.0623. The smallest absolute Gasteiger partial charge is 0.323 e. The molecule has 0 N–H and O–H groups in total. The van der Waals surface area contributed by atoms with Gasteiger partial charge in [0.25, 0.3) is 0 Å². The number of hydrogen-bond donors (Lipinski definition) is 0.